The highest BCUT2D eigenvalue weighted by molar-refractivity contribution is 7.89. The molecular formula is C28H33NO4S. The van der Waals surface area contributed by atoms with E-state index in [1.165, 1.54) is 17.2 Å². The summed E-state index contributed by atoms with van der Waals surface area (Å²) in [6.07, 6.45) is 5.66. The summed E-state index contributed by atoms with van der Waals surface area (Å²) in [5, 5.41) is 0. The third-order valence-electron chi connectivity index (χ3n) is 5.73. The molecule has 0 fully saturated rings. The standard InChI is InChI=1S/C28H33NO4S/c1-4-33-28(30)18-15-24-20-23(26-16-13-22(21(2)3)14-17-27(24)26)10-8-9-19-29-34(31,32)25-11-6-5-7-12-25/h5-7,11-18,20-21,29H,4,8-10,19H2,1-3H3/b18-15+. The normalized spacial score (nSPS) is 12.0. The molecule has 180 valence electrons. The van der Waals surface area contributed by atoms with Crippen LogP contribution in [0.3, 0.4) is 0 Å². The van der Waals surface area contributed by atoms with Crippen LogP contribution in [0.2, 0.25) is 0 Å². The van der Waals surface area contributed by atoms with Crippen molar-refractivity contribution in [3.8, 4) is 11.1 Å². The zero-order valence-corrected chi connectivity index (χ0v) is 20.9. The number of carbonyl (C=O) groups is 1. The van der Waals surface area contributed by atoms with Crippen LogP contribution < -0.4 is 4.72 Å². The van der Waals surface area contributed by atoms with Crippen molar-refractivity contribution in [3.05, 3.63) is 83.4 Å². The fraction of sp³-hybridized carbons (Fsp3) is 0.321. The average molecular weight is 480 g/mol. The molecule has 6 heteroatoms. The molecule has 3 rings (SSSR count). The van der Waals surface area contributed by atoms with Gasteiger partial charge in [-0.3, -0.25) is 0 Å². The number of aryl methyl sites for hydroxylation is 1. The molecule has 0 saturated heterocycles. The lowest BCUT2D eigenvalue weighted by Gasteiger charge is -2.07. The van der Waals surface area contributed by atoms with Gasteiger partial charge in [0.1, 0.15) is 0 Å². The molecule has 5 nitrogen and oxygen atoms in total. The van der Waals surface area contributed by atoms with Crippen molar-refractivity contribution in [1.82, 2.24) is 4.72 Å². The summed E-state index contributed by atoms with van der Waals surface area (Å²) >= 11 is 0. The van der Waals surface area contributed by atoms with E-state index in [0.717, 1.165) is 36.0 Å². The van der Waals surface area contributed by atoms with Crippen molar-refractivity contribution in [2.24, 2.45) is 0 Å². The van der Waals surface area contributed by atoms with Gasteiger partial charge >= 0.3 is 5.97 Å². The van der Waals surface area contributed by atoms with Gasteiger partial charge in [-0.2, -0.15) is 0 Å². The van der Waals surface area contributed by atoms with Crippen molar-refractivity contribution < 1.29 is 17.9 Å². The molecule has 0 atom stereocenters. The van der Waals surface area contributed by atoms with Crippen LogP contribution in [0.4, 0.5) is 0 Å². The Morgan fingerprint density at radius 1 is 1.00 bits per heavy atom. The lowest BCUT2D eigenvalue weighted by atomic mass is 10.0. The second-order valence-electron chi connectivity index (χ2n) is 8.53. The largest absolute Gasteiger partial charge is 0.463 e. The van der Waals surface area contributed by atoms with E-state index in [9.17, 15) is 13.2 Å². The summed E-state index contributed by atoms with van der Waals surface area (Å²) in [4.78, 5) is 12.1. The predicted octanol–water partition coefficient (Wildman–Crippen LogP) is 5.79. The fourth-order valence-electron chi connectivity index (χ4n) is 3.88. The number of nitrogens with one attached hydrogen (secondary N) is 1. The van der Waals surface area contributed by atoms with E-state index >= 15 is 0 Å². The second kappa shape index (κ2) is 12.0. The van der Waals surface area contributed by atoms with Crippen LogP contribution in [-0.2, 0) is 26.0 Å². The number of unbranched alkanes of at least 4 members (excludes halogenated alkanes) is 1. The molecule has 2 aliphatic carbocycles. The minimum atomic E-state index is -3.48. The van der Waals surface area contributed by atoms with Gasteiger partial charge in [0.25, 0.3) is 0 Å². The Morgan fingerprint density at radius 2 is 1.71 bits per heavy atom. The maximum atomic E-state index is 12.4. The third kappa shape index (κ3) is 6.78. The second-order valence-corrected chi connectivity index (χ2v) is 10.3. The Hall–Kier alpha value is -2.96. The fourth-order valence-corrected chi connectivity index (χ4v) is 4.97. The van der Waals surface area contributed by atoms with Crippen molar-refractivity contribution in [1.29, 1.82) is 0 Å². The quantitative estimate of drug-likeness (QED) is 0.215. The molecule has 0 heterocycles. The van der Waals surface area contributed by atoms with Gasteiger partial charge in [0.05, 0.1) is 11.5 Å². The van der Waals surface area contributed by atoms with Gasteiger partial charge in [0.2, 0.25) is 10.0 Å². The summed E-state index contributed by atoms with van der Waals surface area (Å²) in [6.45, 7) is 6.85. The predicted molar refractivity (Wildman–Crippen MR) is 137 cm³/mol. The molecule has 1 aromatic rings. The SMILES string of the molecule is CCOC(=O)/C=C/c1cc(CCCCNS(=O)(=O)c2ccccc2)c2ccc(C(C)C)ccc1-2. The van der Waals surface area contributed by atoms with Crippen molar-refractivity contribution in [2.45, 2.75) is 50.8 Å². The Balaban J connectivity index is 1.71. The molecule has 1 aromatic carbocycles. The number of esters is 1. The Kier molecular flexibility index (Phi) is 9.02. The Labute approximate surface area is 203 Å². The van der Waals surface area contributed by atoms with E-state index in [4.69, 9.17) is 4.74 Å². The minimum absolute atomic E-state index is 0.281. The molecule has 34 heavy (non-hydrogen) atoms. The van der Waals surface area contributed by atoms with E-state index < -0.39 is 10.0 Å². The van der Waals surface area contributed by atoms with Gasteiger partial charge in [0.15, 0.2) is 0 Å². The molecule has 0 spiro atoms. The van der Waals surface area contributed by atoms with Gasteiger partial charge in [-0.15, -0.1) is 0 Å². The van der Waals surface area contributed by atoms with Gasteiger partial charge in [-0.05, 0) is 78.1 Å². The van der Waals surface area contributed by atoms with Gasteiger partial charge in [0, 0.05) is 12.6 Å². The summed E-state index contributed by atoms with van der Waals surface area (Å²) in [7, 11) is -3.48. The highest BCUT2D eigenvalue weighted by atomic mass is 32.2. The zero-order valence-electron chi connectivity index (χ0n) is 20.1. The molecule has 0 bridgehead atoms. The first-order chi connectivity index (χ1) is 16.3. The van der Waals surface area contributed by atoms with Crippen molar-refractivity contribution in [3.63, 3.8) is 0 Å². The zero-order chi connectivity index (χ0) is 24.6. The van der Waals surface area contributed by atoms with Gasteiger partial charge in [-0.25, -0.2) is 17.9 Å². The van der Waals surface area contributed by atoms with Crippen LogP contribution in [0.15, 0.2) is 71.6 Å². The van der Waals surface area contributed by atoms with Crippen LogP contribution in [0.25, 0.3) is 17.2 Å². The molecule has 0 amide bonds. The molecule has 0 saturated carbocycles. The van der Waals surface area contributed by atoms with E-state index in [1.54, 1.807) is 37.3 Å². The monoisotopic (exact) mass is 479 g/mol. The van der Waals surface area contributed by atoms with Crippen LogP contribution in [0.1, 0.15) is 56.2 Å². The highest BCUT2D eigenvalue weighted by Gasteiger charge is 2.15. The van der Waals surface area contributed by atoms with Crippen molar-refractivity contribution >= 4 is 22.1 Å². The number of hydrogen-bond acceptors (Lipinski definition) is 4. The molecule has 0 aromatic heterocycles. The highest BCUT2D eigenvalue weighted by Crippen LogP contribution is 2.35. The third-order valence-corrected chi connectivity index (χ3v) is 7.21. The first kappa shape index (κ1) is 25.7. The molecular weight excluding hydrogens is 446 g/mol. The van der Waals surface area contributed by atoms with Crippen LogP contribution in [0, 0.1) is 0 Å². The maximum Gasteiger partial charge on any atom is 0.330 e. The Bertz CT molecular complexity index is 1200. The number of sulfonamides is 1. The van der Waals surface area contributed by atoms with E-state index in [-0.39, 0.29) is 10.9 Å². The lowest BCUT2D eigenvalue weighted by Crippen LogP contribution is -2.24. The lowest BCUT2D eigenvalue weighted by molar-refractivity contribution is -0.137. The minimum Gasteiger partial charge on any atom is -0.463 e. The molecule has 0 radical (unpaired) electrons. The average Bonchev–Trinajstić information content (AvgIpc) is 2.98. The van der Waals surface area contributed by atoms with Crippen molar-refractivity contribution in [2.75, 3.05) is 13.2 Å². The maximum absolute atomic E-state index is 12.4. The number of rotatable bonds is 11. The number of benzene rings is 1. The first-order valence-corrected chi connectivity index (χ1v) is 13.2. The Morgan fingerprint density at radius 3 is 2.38 bits per heavy atom. The molecule has 0 unspecified atom stereocenters. The molecule has 0 aliphatic heterocycles. The number of carbonyl (C=O) groups excluding carboxylic acids is 1. The van der Waals surface area contributed by atoms with E-state index in [2.05, 4.69) is 48.9 Å². The summed E-state index contributed by atoms with van der Waals surface area (Å²) in [5.74, 6) is 0.0587. The van der Waals surface area contributed by atoms with E-state index in [1.807, 2.05) is 6.08 Å². The number of hydrogen-bond donors (Lipinski definition) is 1. The van der Waals surface area contributed by atoms with E-state index in [0.29, 0.717) is 19.1 Å². The summed E-state index contributed by atoms with van der Waals surface area (Å²) in [6, 6.07) is 19.1. The smallest absolute Gasteiger partial charge is 0.330 e. The van der Waals surface area contributed by atoms with Crippen LogP contribution in [0.5, 0.6) is 0 Å². The van der Waals surface area contributed by atoms with Gasteiger partial charge in [-0.1, -0.05) is 62.4 Å². The topological polar surface area (TPSA) is 72.5 Å². The van der Waals surface area contributed by atoms with Crippen LogP contribution in [-0.4, -0.2) is 27.5 Å². The van der Waals surface area contributed by atoms with Crippen LogP contribution >= 0.6 is 0 Å². The number of fused-ring (bicyclic) bond motifs is 1. The summed E-state index contributed by atoms with van der Waals surface area (Å²) < 4.78 is 32.5. The first-order valence-electron chi connectivity index (χ1n) is 11.8. The molecule has 1 N–H and O–H groups in total. The molecule has 2 aliphatic rings. The summed E-state index contributed by atoms with van der Waals surface area (Å²) in [5.41, 5.74) is 5.66. The van der Waals surface area contributed by atoms with Gasteiger partial charge < -0.3 is 4.74 Å². The number of ether oxygens (including phenoxy) is 1.